The lowest BCUT2D eigenvalue weighted by atomic mass is 9.90. The second-order valence-corrected chi connectivity index (χ2v) is 8.57. The second kappa shape index (κ2) is 7.97. The molecule has 2 aliphatic heterocycles. The summed E-state index contributed by atoms with van der Waals surface area (Å²) in [5, 5.41) is 2.27. The molecule has 0 radical (unpaired) electrons. The number of hydrogen-bond donors (Lipinski definition) is 0. The lowest BCUT2D eigenvalue weighted by Crippen LogP contribution is -2.37. The number of carbonyl (C=O) groups is 2. The van der Waals surface area contributed by atoms with Crippen molar-refractivity contribution in [1.82, 2.24) is 0 Å². The number of carbonyl (C=O) groups excluding carboxylic acids is 2. The highest BCUT2D eigenvalue weighted by atomic mass is 35.5. The molecule has 0 N–H and O–H groups in total. The Morgan fingerprint density at radius 1 is 0.812 bits per heavy atom. The molecule has 2 saturated heterocycles. The number of anilines is 3. The van der Waals surface area contributed by atoms with Crippen LogP contribution in [0.5, 0.6) is 0 Å². The van der Waals surface area contributed by atoms with E-state index in [1.165, 1.54) is 4.90 Å². The van der Waals surface area contributed by atoms with Crippen LogP contribution in [0.1, 0.15) is 11.6 Å². The van der Waals surface area contributed by atoms with E-state index in [2.05, 4.69) is 0 Å². The summed E-state index contributed by atoms with van der Waals surface area (Å²) in [6.07, 6.45) is -0.892. The lowest BCUT2D eigenvalue weighted by Gasteiger charge is -2.29. The van der Waals surface area contributed by atoms with Crippen molar-refractivity contribution in [3.05, 3.63) is 89.4 Å². The topological polar surface area (TPSA) is 53.1 Å². The standard InChI is InChI=1S/C25H22ClN3O3/c1-27(2)18-12-8-16(9-13-18)22-21-23(32-29(22)20-14-10-17(26)11-15-20)25(31)28(24(21)30)19-6-4-3-5-7-19/h3-15,21-23H,1-2H3/t21-,22+,23+/m0/s1. The fourth-order valence-electron chi connectivity index (χ4n) is 4.37. The number of imide groups is 1. The van der Waals surface area contributed by atoms with E-state index in [-0.39, 0.29) is 11.8 Å². The number of hydrogen-bond acceptors (Lipinski definition) is 5. The molecule has 2 fully saturated rings. The van der Waals surface area contributed by atoms with Crippen molar-refractivity contribution in [3.8, 4) is 0 Å². The monoisotopic (exact) mass is 447 g/mol. The number of nitrogens with zero attached hydrogens (tertiary/aromatic N) is 3. The maximum absolute atomic E-state index is 13.6. The predicted octanol–water partition coefficient (Wildman–Crippen LogP) is 4.46. The number of hydroxylamine groups is 1. The van der Waals surface area contributed by atoms with Gasteiger partial charge in [0.05, 0.1) is 17.4 Å². The minimum atomic E-state index is -0.892. The van der Waals surface area contributed by atoms with Crippen molar-refractivity contribution >= 4 is 40.5 Å². The van der Waals surface area contributed by atoms with E-state index in [0.717, 1.165) is 16.9 Å². The number of rotatable bonds is 4. The van der Waals surface area contributed by atoms with Crippen molar-refractivity contribution in [2.45, 2.75) is 12.1 Å². The first-order chi connectivity index (χ1) is 15.5. The van der Waals surface area contributed by atoms with Gasteiger partial charge in [-0.15, -0.1) is 0 Å². The van der Waals surface area contributed by atoms with Crippen LogP contribution < -0.4 is 14.9 Å². The van der Waals surface area contributed by atoms with Crippen LogP contribution in [0.15, 0.2) is 78.9 Å². The average Bonchev–Trinajstić information content (AvgIpc) is 3.31. The number of halogens is 1. The highest BCUT2D eigenvalue weighted by Gasteiger charge is 2.60. The molecular weight excluding hydrogens is 426 g/mol. The Morgan fingerprint density at radius 3 is 2.09 bits per heavy atom. The smallest absolute Gasteiger partial charge is 0.266 e. The quantitative estimate of drug-likeness (QED) is 0.553. The number of fused-ring (bicyclic) bond motifs is 1. The van der Waals surface area contributed by atoms with Crippen LogP contribution in [0.2, 0.25) is 5.02 Å². The Hall–Kier alpha value is -3.35. The van der Waals surface area contributed by atoms with Gasteiger partial charge in [0.2, 0.25) is 5.91 Å². The largest absolute Gasteiger partial charge is 0.378 e. The summed E-state index contributed by atoms with van der Waals surface area (Å²) >= 11 is 6.07. The molecule has 32 heavy (non-hydrogen) atoms. The maximum Gasteiger partial charge on any atom is 0.266 e. The van der Waals surface area contributed by atoms with Gasteiger partial charge in [0.1, 0.15) is 5.92 Å². The van der Waals surface area contributed by atoms with Crippen molar-refractivity contribution in [2.24, 2.45) is 5.92 Å². The molecule has 0 unspecified atom stereocenters. The van der Waals surface area contributed by atoms with E-state index in [9.17, 15) is 9.59 Å². The molecule has 3 aromatic rings. The van der Waals surface area contributed by atoms with E-state index in [0.29, 0.717) is 10.7 Å². The Labute approximate surface area is 191 Å². The van der Waals surface area contributed by atoms with Gasteiger partial charge in [0.15, 0.2) is 6.10 Å². The van der Waals surface area contributed by atoms with Crippen LogP contribution in [-0.2, 0) is 14.4 Å². The van der Waals surface area contributed by atoms with Gasteiger partial charge in [0, 0.05) is 24.8 Å². The van der Waals surface area contributed by atoms with E-state index in [1.807, 2.05) is 73.6 Å². The van der Waals surface area contributed by atoms with Gasteiger partial charge < -0.3 is 4.90 Å². The SMILES string of the molecule is CN(C)c1ccc([C@@H]2[C@@H]3C(=O)N(c4ccccc4)C(=O)[C@@H]3ON2c2ccc(Cl)cc2)cc1. The van der Waals surface area contributed by atoms with Crippen LogP contribution in [-0.4, -0.2) is 32.0 Å². The fraction of sp³-hybridized carbons (Fsp3) is 0.200. The van der Waals surface area contributed by atoms with Crippen molar-refractivity contribution in [1.29, 1.82) is 0 Å². The highest BCUT2D eigenvalue weighted by molar-refractivity contribution is 6.30. The second-order valence-electron chi connectivity index (χ2n) is 8.13. The normalized spacial score (nSPS) is 22.4. The molecule has 3 atom stereocenters. The third-order valence-corrected chi connectivity index (χ3v) is 6.21. The summed E-state index contributed by atoms with van der Waals surface area (Å²) in [4.78, 5) is 36.2. The molecule has 0 aromatic heterocycles. The molecule has 6 nitrogen and oxygen atoms in total. The minimum Gasteiger partial charge on any atom is -0.378 e. The fourth-order valence-corrected chi connectivity index (χ4v) is 4.49. The van der Waals surface area contributed by atoms with Gasteiger partial charge in [-0.05, 0) is 54.1 Å². The Bertz CT molecular complexity index is 1150. The molecule has 0 bridgehead atoms. The van der Waals surface area contributed by atoms with Crippen molar-refractivity contribution in [3.63, 3.8) is 0 Å². The van der Waals surface area contributed by atoms with Crippen LogP contribution in [0, 0.1) is 5.92 Å². The van der Waals surface area contributed by atoms with Gasteiger partial charge >= 0.3 is 0 Å². The van der Waals surface area contributed by atoms with Gasteiger partial charge in [-0.2, -0.15) is 0 Å². The molecule has 0 saturated carbocycles. The van der Waals surface area contributed by atoms with E-state index < -0.39 is 18.1 Å². The third kappa shape index (κ3) is 3.32. The lowest BCUT2D eigenvalue weighted by molar-refractivity contribution is -0.126. The van der Waals surface area contributed by atoms with Crippen LogP contribution in [0.3, 0.4) is 0 Å². The summed E-state index contributed by atoms with van der Waals surface area (Å²) in [5.41, 5.74) is 3.23. The number of amides is 2. The predicted molar refractivity (Wildman–Crippen MR) is 125 cm³/mol. The molecule has 0 spiro atoms. The van der Waals surface area contributed by atoms with Crippen LogP contribution in [0.4, 0.5) is 17.1 Å². The first-order valence-corrected chi connectivity index (χ1v) is 10.8. The molecule has 2 heterocycles. The van der Waals surface area contributed by atoms with Gasteiger partial charge in [-0.3, -0.25) is 14.4 Å². The zero-order valence-electron chi connectivity index (χ0n) is 17.7. The van der Waals surface area contributed by atoms with E-state index in [4.69, 9.17) is 16.4 Å². The summed E-state index contributed by atoms with van der Waals surface area (Å²) in [6.45, 7) is 0. The molecule has 2 amide bonds. The summed E-state index contributed by atoms with van der Waals surface area (Å²) < 4.78 is 0. The Morgan fingerprint density at radius 2 is 1.47 bits per heavy atom. The molecule has 2 aliphatic rings. The number of para-hydroxylation sites is 1. The Balaban J connectivity index is 1.57. The van der Waals surface area contributed by atoms with E-state index >= 15 is 0 Å². The van der Waals surface area contributed by atoms with Gasteiger partial charge in [-0.1, -0.05) is 41.9 Å². The van der Waals surface area contributed by atoms with Crippen molar-refractivity contribution in [2.75, 3.05) is 29.0 Å². The number of benzene rings is 3. The molecule has 5 rings (SSSR count). The first-order valence-electron chi connectivity index (χ1n) is 10.4. The summed E-state index contributed by atoms with van der Waals surface area (Å²) in [5.74, 6) is -1.27. The minimum absolute atomic E-state index is 0.260. The molecular formula is C25H22ClN3O3. The average molecular weight is 448 g/mol. The van der Waals surface area contributed by atoms with Crippen LogP contribution >= 0.6 is 11.6 Å². The molecule has 7 heteroatoms. The Kier molecular flexibility index (Phi) is 5.12. The molecule has 3 aromatic carbocycles. The maximum atomic E-state index is 13.6. The zero-order valence-corrected chi connectivity index (χ0v) is 18.4. The van der Waals surface area contributed by atoms with Gasteiger partial charge in [-0.25, -0.2) is 9.96 Å². The highest BCUT2D eigenvalue weighted by Crippen LogP contribution is 2.47. The summed E-state index contributed by atoms with van der Waals surface area (Å²) in [6, 6.07) is 23.7. The zero-order chi connectivity index (χ0) is 22.4. The first kappa shape index (κ1) is 20.5. The third-order valence-electron chi connectivity index (χ3n) is 5.96. The van der Waals surface area contributed by atoms with E-state index in [1.54, 1.807) is 29.3 Å². The van der Waals surface area contributed by atoms with Gasteiger partial charge in [0.25, 0.3) is 5.91 Å². The summed E-state index contributed by atoms with van der Waals surface area (Å²) in [7, 11) is 3.95. The van der Waals surface area contributed by atoms with Crippen LogP contribution in [0.25, 0.3) is 0 Å². The molecule has 0 aliphatic carbocycles. The molecule has 162 valence electrons. The van der Waals surface area contributed by atoms with Crippen molar-refractivity contribution < 1.29 is 14.4 Å².